The van der Waals surface area contributed by atoms with Crippen LogP contribution in [0.5, 0.6) is 0 Å². The van der Waals surface area contributed by atoms with Crippen molar-refractivity contribution in [3.8, 4) is 0 Å². The molecule has 0 atom stereocenters. The first-order valence-corrected chi connectivity index (χ1v) is 7.82. The smallest absolute Gasteiger partial charge is 0.404 e. The van der Waals surface area contributed by atoms with Crippen molar-refractivity contribution in [3.63, 3.8) is 0 Å². The van der Waals surface area contributed by atoms with Gasteiger partial charge < -0.3 is 14.2 Å². The Hall–Kier alpha value is -1.47. The largest absolute Gasteiger partial charge is 0.494 e. The molecule has 0 N–H and O–H groups in total. The van der Waals surface area contributed by atoms with Crippen molar-refractivity contribution in [2.24, 2.45) is 0 Å². The molecular weight excluding hydrogens is 303 g/mol. The molecule has 0 radical (unpaired) electrons. The zero-order valence-corrected chi connectivity index (χ0v) is 13.4. The predicted octanol–water partition coefficient (Wildman–Crippen LogP) is 2.08. The number of carbonyl (C=O) groups is 1. The highest BCUT2D eigenvalue weighted by Crippen LogP contribution is 2.28. The summed E-state index contributed by atoms with van der Waals surface area (Å²) in [4.78, 5) is 13.8. The molecule has 0 bridgehead atoms. The molecule has 2 fully saturated rings. The Morgan fingerprint density at radius 3 is 2.30 bits per heavy atom. The summed E-state index contributed by atoms with van der Waals surface area (Å²) < 4.78 is 37.7. The summed E-state index contributed by atoms with van der Waals surface area (Å²) in [5.74, 6) is -2.86. The molecule has 7 heteroatoms. The molecule has 0 aliphatic carbocycles. The van der Waals surface area contributed by atoms with Crippen LogP contribution < -0.4 is 5.46 Å². The molecule has 1 aromatic rings. The Morgan fingerprint density at radius 2 is 1.78 bits per heavy atom. The number of benzene rings is 1. The Kier molecular flexibility index (Phi) is 4.18. The fourth-order valence-electron chi connectivity index (χ4n) is 2.80. The fourth-order valence-corrected chi connectivity index (χ4v) is 2.80. The molecule has 2 heterocycles. The van der Waals surface area contributed by atoms with Gasteiger partial charge in [0.05, 0.1) is 12.2 Å². The summed E-state index contributed by atoms with van der Waals surface area (Å²) in [6.07, 6.45) is -0.536. The van der Waals surface area contributed by atoms with E-state index in [-0.39, 0.29) is 37.4 Å². The second kappa shape index (κ2) is 5.87. The summed E-state index contributed by atoms with van der Waals surface area (Å²) in [7, 11) is -0.428. The van der Waals surface area contributed by atoms with E-state index in [0.717, 1.165) is 5.46 Å². The van der Waals surface area contributed by atoms with Gasteiger partial charge in [-0.2, -0.15) is 0 Å². The van der Waals surface area contributed by atoms with Crippen molar-refractivity contribution in [2.75, 3.05) is 19.7 Å². The van der Waals surface area contributed by atoms with Gasteiger partial charge in [-0.3, -0.25) is 4.79 Å². The van der Waals surface area contributed by atoms with E-state index in [1.807, 2.05) is 13.8 Å². The van der Waals surface area contributed by atoms with Crippen molar-refractivity contribution in [1.29, 1.82) is 0 Å². The van der Waals surface area contributed by atoms with Gasteiger partial charge in [0.1, 0.15) is 0 Å². The second-order valence-corrected chi connectivity index (χ2v) is 6.79. The van der Waals surface area contributed by atoms with Crippen LogP contribution in [-0.4, -0.2) is 49.1 Å². The summed E-state index contributed by atoms with van der Waals surface area (Å²) >= 11 is 0. The first-order chi connectivity index (χ1) is 10.8. The molecule has 23 heavy (non-hydrogen) atoms. The predicted molar refractivity (Wildman–Crippen MR) is 83.0 cm³/mol. The molecule has 1 amide bonds. The molecule has 0 aromatic heterocycles. The molecule has 3 rings (SSSR count). The number of halogens is 2. The van der Waals surface area contributed by atoms with Crippen LogP contribution in [0.3, 0.4) is 0 Å². The number of amides is 1. The van der Waals surface area contributed by atoms with Gasteiger partial charge in [-0.25, -0.2) is 8.78 Å². The van der Waals surface area contributed by atoms with E-state index in [2.05, 4.69) is 0 Å². The fraction of sp³-hybridized carbons (Fsp3) is 0.562. The minimum absolute atomic E-state index is 0.0939. The number of hydrogen-bond acceptors (Lipinski definition) is 3. The normalized spacial score (nSPS) is 23.1. The molecule has 2 saturated heterocycles. The van der Waals surface area contributed by atoms with Crippen molar-refractivity contribution < 1.29 is 22.9 Å². The zero-order chi connectivity index (χ0) is 16.7. The highest BCUT2D eigenvalue weighted by Gasteiger charge is 2.38. The van der Waals surface area contributed by atoms with Crippen LogP contribution in [0, 0.1) is 0 Å². The maximum atomic E-state index is 13.2. The number of carbonyl (C=O) groups excluding carboxylic acids is 1. The van der Waals surface area contributed by atoms with E-state index in [1.54, 1.807) is 24.3 Å². The van der Waals surface area contributed by atoms with Gasteiger partial charge in [-0.05, 0) is 31.4 Å². The lowest BCUT2D eigenvalue weighted by atomic mass is 9.79. The van der Waals surface area contributed by atoms with Crippen LogP contribution in [-0.2, 0) is 9.31 Å². The quantitative estimate of drug-likeness (QED) is 0.782. The van der Waals surface area contributed by atoms with Crippen LogP contribution in [0.2, 0.25) is 0 Å². The minimum atomic E-state index is -2.65. The maximum Gasteiger partial charge on any atom is 0.494 e. The van der Waals surface area contributed by atoms with Crippen molar-refractivity contribution >= 4 is 18.5 Å². The number of hydrogen-bond donors (Lipinski definition) is 0. The molecule has 2 aliphatic rings. The topological polar surface area (TPSA) is 38.8 Å². The van der Waals surface area contributed by atoms with Gasteiger partial charge in [0.15, 0.2) is 0 Å². The number of rotatable bonds is 2. The van der Waals surface area contributed by atoms with E-state index >= 15 is 0 Å². The zero-order valence-electron chi connectivity index (χ0n) is 13.4. The standard InChI is InChI=1S/C16H20BF2NO3/c1-15(2)11-22-17(23-15)13-5-3-12(4-6-13)14(21)20-9-7-16(18,19)8-10-20/h3-6H,7-11H2,1-2H3. The van der Waals surface area contributed by atoms with Crippen LogP contribution in [0.15, 0.2) is 24.3 Å². The van der Waals surface area contributed by atoms with Crippen LogP contribution in [0.4, 0.5) is 8.78 Å². The van der Waals surface area contributed by atoms with Gasteiger partial charge in [0.2, 0.25) is 0 Å². The lowest BCUT2D eigenvalue weighted by Crippen LogP contribution is -2.42. The average Bonchev–Trinajstić information content (AvgIpc) is 2.87. The number of piperidine rings is 1. The third kappa shape index (κ3) is 3.72. The van der Waals surface area contributed by atoms with E-state index in [1.165, 1.54) is 4.90 Å². The summed E-state index contributed by atoms with van der Waals surface area (Å²) in [6, 6.07) is 6.97. The average molecular weight is 323 g/mol. The summed E-state index contributed by atoms with van der Waals surface area (Å²) in [5.41, 5.74) is 1.02. The molecule has 4 nitrogen and oxygen atoms in total. The molecule has 124 valence electrons. The SMILES string of the molecule is CC1(C)COB(c2ccc(C(=O)N3CCC(F)(F)CC3)cc2)O1. The highest BCUT2D eigenvalue weighted by molar-refractivity contribution is 6.61. The molecule has 0 unspecified atom stereocenters. The summed E-state index contributed by atoms with van der Waals surface area (Å²) in [5, 5.41) is 0. The molecule has 1 aromatic carbocycles. The van der Waals surface area contributed by atoms with Gasteiger partial charge in [0, 0.05) is 31.5 Å². The maximum absolute atomic E-state index is 13.2. The van der Waals surface area contributed by atoms with Crippen LogP contribution >= 0.6 is 0 Å². The Bertz CT molecular complexity index is 581. The second-order valence-electron chi connectivity index (χ2n) is 6.79. The Morgan fingerprint density at radius 1 is 1.17 bits per heavy atom. The lowest BCUT2D eigenvalue weighted by Gasteiger charge is -2.31. The van der Waals surface area contributed by atoms with E-state index in [4.69, 9.17) is 9.31 Å². The molecule has 0 spiro atoms. The van der Waals surface area contributed by atoms with Gasteiger partial charge in [-0.15, -0.1) is 0 Å². The molecule has 2 aliphatic heterocycles. The van der Waals surface area contributed by atoms with E-state index in [9.17, 15) is 13.6 Å². The van der Waals surface area contributed by atoms with Gasteiger partial charge in [-0.1, -0.05) is 12.1 Å². The van der Waals surface area contributed by atoms with E-state index < -0.39 is 13.0 Å². The highest BCUT2D eigenvalue weighted by atomic mass is 19.3. The monoisotopic (exact) mass is 323 g/mol. The van der Waals surface area contributed by atoms with Gasteiger partial charge in [0.25, 0.3) is 11.8 Å². The van der Waals surface area contributed by atoms with Crippen molar-refractivity contribution in [3.05, 3.63) is 29.8 Å². The Labute approximate surface area is 134 Å². The first-order valence-electron chi connectivity index (χ1n) is 7.82. The minimum Gasteiger partial charge on any atom is -0.404 e. The van der Waals surface area contributed by atoms with Gasteiger partial charge >= 0.3 is 7.12 Å². The molecular formula is C16H20BF2NO3. The third-order valence-electron chi connectivity index (χ3n) is 4.22. The van der Waals surface area contributed by atoms with Crippen LogP contribution in [0.1, 0.15) is 37.0 Å². The number of likely N-dealkylation sites (tertiary alicyclic amines) is 1. The molecule has 0 saturated carbocycles. The van der Waals surface area contributed by atoms with Crippen molar-refractivity contribution in [2.45, 2.75) is 38.2 Å². The number of alkyl halides is 2. The summed E-state index contributed by atoms with van der Waals surface area (Å²) in [6.45, 7) is 4.61. The first kappa shape index (κ1) is 16.4. The Balaban J connectivity index is 1.64. The van der Waals surface area contributed by atoms with E-state index in [0.29, 0.717) is 12.2 Å². The lowest BCUT2D eigenvalue weighted by molar-refractivity contribution is -0.0494. The van der Waals surface area contributed by atoms with Crippen LogP contribution in [0.25, 0.3) is 0 Å². The third-order valence-corrected chi connectivity index (χ3v) is 4.22. The van der Waals surface area contributed by atoms with Crippen molar-refractivity contribution in [1.82, 2.24) is 4.90 Å². The number of nitrogens with zero attached hydrogens (tertiary/aromatic N) is 1.